The number of ketones is 1. The smallest absolute Gasteiger partial charge is 0.208 e. The van der Waals surface area contributed by atoms with Crippen LogP contribution in [0.15, 0.2) is 6.07 Å². The average Bonchev–Trinajstić information content (AvgIpc) is 2.20. The molecule has 15 heavy (non-hydrogen) atoms. The number of likely N-dealkylation sites (N-methyl/N-ethyl adjacent to an activating group) is 1. The van der Waals surface area contributed by atoms with Gasteiger partial charge in [0.05, 0.1) is 17.1 Å². The number of halogens is 2. The molecule has 0 bridgehead atoms. The minimum absolute atomic E-state index is 0.0614. The molecule has 0 aliphatic rings. The predicted molar refractivity (Wildman–Crippen MR) is 53.0 cm³/mol. The maximum Gasteiger partial charge on any atom is 0.208 e. The predicted octanol–water partition coefficient (Wildman–Crippen LogP) is 1.29. The van der Waals surface area contributed by atoms with Crippen LogP contribution < -0.4 is 5.32 Å². The van der Waals surface area contributed by atoms with Gasteiger partial charge in [0.1, 0.15) is 0 Å². The number of carbonyl (C=O) groups is 1. The van der Waals surface area contributed by atoms with Crippen LogP contribution in [-0.4, -0.2) is 29.6 Å². The third-order valence-corrected chi connectivity index (χ3v) is 2.09. The quantitative estimate of drug-likeness (QED) is 0.688. The average molecular weight is 234 g/mol. The number of Topliss-reactive ketones (excluding diaryl/α,β-unsaturated/α-hetero) is 1. The zero-order valence-electron chi connectivity index (χ0n) is 7.84. The number of phenols is 2. The molecule has 1 aromatic carbocycles. The number of carbonyl (C=O) groups excluding carboxylic acids is 1. The highest BCUT2D eigenvalue weighted by molar-refractivity contribution is 6.32. The van der Waals surface area contributed by atoms with Crippen LogP contribution >= 0.6 is 11.6 Å². The van der Waals surface area contributed by atoms with Gasteiger partial charge in [-0.05, 0) is 13.1 Å². The summed E-state index contributed by atoms with van der Waals surface area (Å²) in [5, 5.41) is 20.5. The van der Waals surface area contributed by atoms with E-state index in [2.05, 4.69) is 5.32 Å². The lowest BCUT2D eigenvalue weighted by Gasteiger charge is -2.07. The van der Waals surface area contributed by atoms with Crippen molar-refractivity contribution < 1.29 is 19.4 Å². The van der Waals surface area contributed by atoms with Crippen LogP contribution in [-0.2, 0) is 0 Å². The van der Waals surface area contributed by atoms with Crippen LogP contribution in [0.4, 0.5) is 4.39 Å². The lowest BCUT2D eigenvalue weighted by atomic mass is 10.1. The first-order valence-electron chi connectivity index (χ1n) is 4.06. The summed E-state index contributed by atoms with van der Waals surface area (Å²) in [6, 6.07) is 1.02. The molecular formula is C9H9ClFNO3. The fourth-order valence-corrected chi connectivity index (χ4v) is 1.26. The number of nitrogens with one attached hydrogen (secondary N) is 1. The monoisotopic (exact) mass is 233 g/mol. The second kappa shape index (κ2) is 4.46. The fourth-order valence-electron chi connectivity index (χ4n) is 1.07. The maximum atomic E-state index is 13.1. The fraction of sp³-hybridized carbons (Fsp3) is 0.222. The Hall–Kier alpha value is -1.33. The van der Waals surface area contributed by atoms with Crippen molar-refractivity contribution >= 4 is 17.4 Å². The van der Waals surface area contributed by atoms with Crippen LogP contribution in [0, 0.1) is 5.82 Å². The van der Waals surface area contributed by atoms with Crippen molar-refractivity contribution in [3.05, 3.63) is 22.5 Å². The minimum Gasteiger partial charge on any atom is -0.504 e. The molecule has 0 fully saturated rings. The molecule has 0 heterocycles. The van der Waals surface area contributed by atoms with Crippen LogP contribution in [0.25, 0.3) is 0 Å². The minimum atomic E-state index is -1.29. The third kappa shape index (κ3) is 2.19. The number of rotatable bonds is 3. The van der Waals surface area contributed by atoms with Gasteiger partial charge < -0.3 is 15.5 Å². The van der Waals surface area contributed by atoms with Crippen molar-refractivity contribution in [3.8, 4) is 11.5 Å². The van der Waals surface area contributed by atoms with Crippen LogP contribution in [0.2, 0.25) is 5.02 Å². The summed E-state index contributed by atoms with van der Waals surface area (Å²) in [5.74, 6) is -3.56. The summed E-state index contributed by atoms with van der Waals surface area (Å²) in [6.45, 7) is -0.0614. The number of phenolic OH excluding ortho intramolecular Hbond substituents is 2. The van der Waals surface area contributed by atoms with Crippen LogP contribution in [0.1, 0.15) is 10.4 Å². The highest BCUT2D eigenvalue weighted by atomic mass is 35.5. The lowest BCUT2D eigenvalue weighted by molar-refractivity contribution is 0.0990. The molecule has 0 amide bonds. The van der Waals surface area contributed by atoms with Gasteiger partial charge in [-0.25, -0.2) is 0 Å². The molecule has 0 aromatic heterocycles. The first-order chi connectivity index (χ1) is 6.99. The largest absolute Gasteiger partial charge is 0.504 e. The van der Waals surface area contributed by atoms with Gasteiger partial charge in [-0.1, -0.05) is 11.6 Å². The standard InChI is InChI=1S/C9H9ClFNO3/c1-12-3-6(13)4-2-5(10)9(15)7(11)8(4)14/h2,12,14-15H,3H2,1H3. The second-order valence-electron chi connectivity index (χ2n) is 2.87. The van der Waals surface area contributed by atoms with Crippen molar-refractivity contribution in [1.29, 1.82) is 0 Å². The van der Waals surface area contributed by atoms with E-state index in [0.717, 1.165) is 6.07 Å². The molecule has 0 saturated carbocycles. The van der Waals surface area contributed by atoms with Gasteiger partial charge in [-0.3, -0.25) is 4.79 Å². The van der Waals surface area contributed by atoms with E-state index in [1.54, 1.807) is 0 Å². The maximum absolute atomic E-state index is 13.1. The van der Waals surface area contributed by atoms with Crippen LogP contribution in [0.5, 0.6) is 11.5 Å². The van der Waals surface area contributed by atoms with Gasteiger partial charge >= 0.3 is 0 Å². The first-order valence-corrected chi connectivity index (χ1v) is 4.44. The number of benzene rings is 1. The van der Waals surface area contributed by atoms with Crippen molar-refractivity contribution in [2.24, 2.45) is 0 Å². The Labute approximate surface area is 90.3 Å². The Morgan fingerprint density at radius 3 is 2.67 bits per heavy atom. The molecule has 0 aliphatic heterocycles. The van der Waals surface area contributed by atoms with E-state index in [4.69, 9.17) is 16.7 Å². The van der Waals surface area contributed by atoms with E-state index in [1.807, 2.05) is 0 Å². The molecule has 0 aliphatic carbocycles. The molecular weight excluding hydrogens is 225 g/mol. The van der Waals surface area contributed by atoms with E-state index in [9.17, 15) is 14.3 Å². The van der Waals surface area contributed by atoms with E-state index in [-0.39, 0.29) is 17.1 Å². The molecule has 0 unspecified atom stereocenters. The summed E-state index contributed by atoms with van der Waals surface area (Å²) < 4.78 is 13.1. The zero-order chi connectivity index (χ0) is 11.6. The van der Waals surface area contributed by atoms with Gasteiger partial charge in [-0.15, -0.1) is 0 Å². The molecule has 4 nitrogen and oxygen atoms in total. The Morgan fingerprint density at radius 2 is 2.13 bits per heavy atom. The van der Waals surface area contributed by atoms with E-state index >= 15 is 0 Å². The lowest BCUT2D eigenvalue weighted by Crippen LogP contribution is -2.18. The molecule has 3 N–H and O–H groups in total. The zero-order valence-corrected chi connectivity index (χ0v) is 8.60. The van der Waals surface area contributed by atoms with Crippen molar-refractivity contribution in [3.63, 3.8) is 0 Å². The SMILES string of the molecule is CNCC(=O)c1cc(Cl)c(O)c(F)c1O. The molecule has 0 spiro atoms. The molecule has 1 aromatic rings. The number of hydrogen-bond acceptors (Lipinski definition) is 4. The highest BCUT2D eigenvalue weighted by Gasteiger charge is 2.20. The van der Waals surface area contributed by atoms with Crippen molar-refractivity contribution in [2.45, 2.75) is 0 Å². The highest BCUT2D eigenvalue weighted by Crippen LogP contribution is 2.35. The summed E-state index contributed by atoms with van der Waals surface area (Å²) in [4.78, 5) is 11.4. The Morgan fingerprint density at radius 1 is 1.53 bits per heavy atom. The Bertz CT molecular complexity index is 409. The first kappa shape index (κ1) is 11.7. The van der Waals surface area contributed by atoms with Gasteiger partial charge in [0.2, 0.25) is 5.82 Å². The Balaban J connectivity index is 3.26. The van der Waals surface area contributed by atoms with Crippen LogP contribution in [0.3, 0.4) is 0 Å². The van der Waals surface area contributed by atoms with Crippen molar-refractivity contribution in [2.75, 3.05) is 13.6 Å². The van der Waals surface area contributed by atoms with Gasteiger partial charge in [0, 0.05) is 0 Å². The summed E-state index contributed by atoms with van der Waals surface area (Å²) in [5.41, 5.74) is -0.260. The topological polar surface area (TPSA) is 69.6 Å². The molecule has 6 heteroatoms. The molecule has 0 atom stereocenters. The molecule has 0 radical (unpaired) electrons. The van der Waals surface area contributed by atoms with E-state index in [0.29, 0.717) is 0 Å². The normalized spacial score (nSPS) is 10.3. The number of aromatic hydroxyl groups is 2. The van der Waals surface area contributed by atoms with Crippen molar-refractivity contribution in [1.82, 2.24) is 5.32 Å². The van der Waals surface area contributed by atoms with Gasteiger partial charge in [-0.2, -0.15) is 4.39 Å². The van der Waals surface area contributed by atoms with E-state index in [1.165, 1.54) is 7.05 Å². The van der Waals surface area contributed by atoms with Gasteiger partial charge in [0.25, 0.3) is 0 Å². The summed E-state index contributed by atoms with van der Waals surface area (Å²) in [7, 11) is 1.54. The molecule has 1 rings (SSSR count). The summed E-state index contributed by atoms with van der Waals surface area (Å²) in [6.07, 6.45) is 0. The second-order valence-corrected chi connectivity index (χ2v) is 3.28. The molecule has 82 valence electrons. The molecule has 0 saturated heterocycles. The summed E-state index contributed by atoms with van der Waals surface area (Å²) >= 11 is 5.46. The Kier molecular flexibility index (Phi) is 3.49. The number of hydrogen-bond donors (Lipinski definition) is 3. The van der Waals surface area contributed by atoms with Gasteiger partial charge in [0.15, 0.2) is 17.3 Å². The third-order valence-electron chi connectivity index (χ3n) is 1.81. The van der Waals surface area contributed by atoms with E-state index < -0.39 is 23.1 Å².